The fraction of sp³-hybridized carbons (Fsp3) is 0.323. The molecule has 0 amide bonds. The normalized spacial score (nSPS) is 24.4. The lowest BCUT2D eigenvalue weighted by molar-refractivity contribution is 0.227. The second kappa shape index (κ2) is 10.4. The molecule has 40 heavy (non-hydrogen) atoms. The van der Waals surface area contributed by atoms with Crippen LogP contribution < -0.4 is 14.4 Å². The van der Waals surface area contributed by atoms with Gasteiger partial charge in [-0.2, -0.15) is 5.10 Å². The fourth-order valence-corrected chi connectivity index (χ4v) is 10.2. The summed E-state index contributed by atoms with van der Waals surface area (Å²) in [6.07, 6.45) is 2.07. The number of nitrogens with zero attached hydrogens (tertiary/aromatic N) is 6. The number of para-hydroxylation sites is 2. The highest BCUT2D eigenvalue weighted by atomic mass is 35.5. The van der Waals surface area contributed by atoms with Crippen LogP contribution in [0.2, 0.25) is 5.02 Å². The summed E-state index contributed by atoms with van der Waals surface area (Å²) >= 11 is 6.57. The third kappa shape index (κ3) is 4.27. The molecule has 1 fully saturated rings. The summed E-state index contributed by atoms with van der Waals surface area (Å²) in [6, 6.07) is 24.8. The first-order valence-electron chi connectivity index (χ1n) is 13.7. The number of rotatable bonds is 4. The van der Waals surface area contributed by atoms with Crippen LogP contribution in [0.4, 0.5) is 17.1 Å². The summed E-state index contributed by atoms with van der Waals surface area (Å²) in [4.78, 5) is 4.73. The largest absolute Gasteiger partial charge is 0.494 e. The van der Waals surface area contributed by atoms with E-state index in [1.54, 1.807) is 7.11 Å². The zero-order chi connectivity index (χ0) is 28.1. The minimum atomic E-state index is -2.73. The van der Waals surface area contributed by atoms with Crippen molar-refractivity contribution < 1.29 is 4.74 Å². The van der Waals surface area contributed by atoms with E-state index >= 15 is 0 Å². The number of fused-ring (bicyclic) bond motifs is 1. The summed E-state index contributed by atoms with van der Waals surface area (Å²) in [5.74, 6) is 0.699. The molecule has 3 aromatic carbocycles. The van der Waals surface area contributed by atoms with Gasteiger partial charge >= 0.3 is 0 Å². The molecule has 0 aliphatic carbocycles. The van der Waals surface area contributed by atoms with E-state index in [4.69, 9.17) is 26.2 Å². The zero-order valence-corrected chi connectivity index (χ0v) is 25.4. The Balaban J connectivity index is 1.71. The molecule has 3 aromatic rings. The van der Waals surface area contributed by atoms with Crippen LogP contribution in [-0.2, 0) is 5.41 Å². The Labute approximate surface area is 242 Å². The van der Waals surface area contributed by atoms with E-state index in [-0.39, 0.29) is 5.41 Å². The molecule has 7 nitrogen and oxygen atoms in total. The number of ether oxygens (including phenoxy) is 1. The Morgan fingerprint density at radius 3 is 2.33 bits per heavy atom. The predicted octanol–water partition coefficient (Wildman–Crippen LogP) is 7.40. The maximum Gasteiger partial charge on any atom is 0.180 e. The van der Waals surface area contributed by atoms with Crippen LogP contribution in [0.5, 0.6) is 5.75 Å². The maximum absolute atomic E-state index is 6.57. The summed E-state index contributed by atoms with van der Waals surface area (Å²) in [5, 5.41) is 6.95. The molecule has 1 saturated heterocycles. The molecule has 3 aliphatic heterocycles. The molecule has 0 saturated carbocycles. The van der Waals surface area contributed by atoms with Crippen molar-refractivity contribution >= 4 is 42.2 Å². The van der Waals surface area contributed by atoms with Crippen molar-refractivity contribution in [2.45, 2.75) is 19.3 Å². The molecule has 208 valence electrons. The number of allylic oxidation sites excluding steroid dienone is 2. The van der Waals surface area contributed by atoms with E-state index in [1.165, 1.54) is 16.9 Å². The second-order valence-corrected chi connectivity index (χ2v) is 14.2. The van der Waals surface area contributed by atoms with E-state index in [9.17, 15) is 0 Å². The van der Waals surface area contributed by atoms with E-state index in [1.807, 2.05) is 24.3 Å². The highest BCUT2D eigenvalue weighted by Gasteiger charge is 2.50. The first kappa shape index (κ1) is 27.1. The van der Waals surface area contributed by atoms with Gasteiger partial charge in [-0.05, 0) is 49.0 Å². The van der Waals surface area contributed by atoms with E-state index in [0.717, 1.165) is 42.9 Å². The Hall–Kier alpha value is -3.09. The van der Waals surface area contributed by atoms with Crippen LogP contribution in [0, 0.1) is 0 Å². The molecular formula is C31H36ClN6OP. The molecule has 0 spiro atoms. The van der Waals surface area contributed by atoms with Crippen molar-refractivity contribution in [1.82, 2.24) is 9.57 Å². The van der Waals surface area contributed by atoms with Crippen molar-refractivity contribution in [2.24, 2.45) is 9.85 Å². The van der Waals surface area contributed by atoms with Gasteiger partial charge in [0.2, 0.25) is 0 Å². The third-order valence-corrected chi connectivity index (χ3v) is 12.0. The van der Waals surface area contributed by atoms with Gasteiger partial charge < -0.3 is 14.5 Å². The summed E-state index contributed by atoms with van der Waals surface area (Å²) < 4.78 is 16.3. The van der Waals surface area contributed by atoms with Crippen molar-refractivity contribution in [3.05, 3.63) is 94.4 Å². The number of hydrogen-bond donors (Lipinski definition) is 0. The monoisotopic (exact) mass is 574 g/mol. The molecule has 0 bridgehead atoms. The van der Waals surface area contributed by atoms with Gasteiger partial charge in [-0.1, -0.05) is 61.8 Å². The number of halogens is 1. The smallest absolute Gasteiger partial charge is 0.180 e. The molecule has 1 unspecified atom stereocenters. The van der Waals surface area contributed by atoms with Crippen molar-refractivity contribution in [3.8, 4) is 5.75 Å². The molecule has 6 rings (SSSR count). The quantitative estimate of drug-likeness (QED) is 0.304. The van der Waals surface area contributed by atoms with Crippen LogP contribution >= 0.6 is 19.0 Å². The Kier molecular flexibility index (Phi) is 7.04. The van der Waals surface area contributed by atoms with Crippen LogP contribution in [0.15, 0.2) is 93.7 Å². The fourth-order valence-electron chi connectivity index (χ4n) is 6.20. The van der Waals surface area contributed by atoms with Crippen LogP contribution in [0.25, 0.3) is 0 Å². The summed E-state index contributed by atoms with van der Waals surface area (Å²) in [6.45, 7) is 8.28. The van der Waals surface area contributed by atoms with E-state index in [2.05, 4.69) is 102 Å². The first-order chi connectivity index (χ1) is 19.3. The highest BCUT2D eigenvalue weighted by Crippen LogP contribution is 2.71. The maximum atomic E-state index is 6.57. The lowest BCUT2D eigenvalue weighted by atomic mass is 9.84. The van der Waals surface area contributed by atoms with Gasteiger partial charge in [-0.3, -0.25) is 0 Å². The van der Waals surface area contributed by atoms with Crippen molar-refractivity contribution in [3.63, 3.8) is 0 Å². The number of piperazine rings is 1. The van der Waals surface area contributed by atoms with Gasteiger partial charge in [0, 0.05) is 55.0 Å². The number of benzene rings is 3. The average Bonchev–Trinajstić information content (AvgIpc) is 3.41. The molecule has 0 N–H and O–H groups in total. The predicted molar refractivity (Wildman–Crippen MR) is 168 cm³/mol. The molecule has 3 aliphatic rings. The van der Waals surface area contributed by atoms with Gasteiger partial charge in [0.25, 0.3) is 0 Å². The number of hydrazone groups is 1. The standard InChI is InChI=1S/C31H36ClN6OP/c1-31(2)25-13-9-10-14-27(25)36(4)30(31)29-22-33-38(24-11-7-6-8-12-24)40(29,37-19-17-35(3)18-20-37)34-26-21-23(32)15-16-28(26)39-5/h6-16,21-22H,17-20H2,1-5H3/b30-29+. The lowest BCUT2D eigenvalue weighted by Crippen LogP contribution is -2.44. The average molecular weight is 575 g/mol. The molecule has 0 aromatic heterocycles. The zero-order valence-electron chi connectivity index (χ0n) is 23.8. The van der Waals surface area contributed by atoms with Gasteiger partial charge in [0.15, 0.2) is 7.36 Å². The van der Waals surface area contributed by atoms with Crippen LogP contribution in [0.3, 0.4) is 0 Å². The molecule has 9 heteroatoms. The number of methoxy groups -OCH3 is 1. The van der Waals surface area contributed by atoms with Crippen molar-refractivity contribution in [2.75, 3.05) is 57.1 Å². The Morgan fingerprint density at radius 2 is 1.62 bits per heavy atom. The molecule has 0 radical (unpaired) electrons. The highest BCUT2D eigenvalue weighted by molar-refractivity contribution is 7.71. The van der Waals surface area contributed by atoms with E-state index in [0.29, 0.717) is 10.8 Å². The van der Waals surface area contributed by atoms with Crippen LogP contribution in [0.1, 0.15) is 19.4 Å². The SMILES string of the molecule is COc1ccc(Cl)cc1N=P1(N2CCN(C)CC2)/C(=C2/N(C)c3ccccc3C2(C)C)C=NN1c1ccccc1. The Bertz CT molecular complexity index is 1540. The van der Waals surface area contributed by atoms with Crippen molar-refractivity contribution in [1.29, 1.82) is 0 Å². The number of hydrogen-bond acceptors (Lipinski definition) is 5. The number of likely N-dealkylation sites (N-methyl/N-ethyl adjacent to an activating group) is 2. The summed E-state index contributed by atoms with van der Waals surface area (Å²) in [5.41, 5.74) is 5.27. The minimum Gasteiger partial charge on any atom is -0.494 e. The third-order valence-electron chi connectivity index (χ3n) is 8.23. The van der Waals surface area contributed by atoms with Gasteiger partial charge in [-0.25, -0.2) is 14.2 Å². The lowest BCUT2D eigenvalue weighted by Gasteiger charge is -2.44. The molecular weight excluding hydrogens is 539 g/mol. The van der Waals surface area contributed by atoms with Gasteiger partial charge in [0.05, 0.1) is 24.3 Å². The van der Waals surface area contributed by atoms with Gasteiger partial charge in [-0.15, -0.1) is 0 Å². The molecule has 3 heterocycles. The first-order valence-corrected chi connectivity index (χ1v) is 15.7. The minimum absolute atomic E-state index is 0.245. The Morgan fingerprint density at radius 1 is 0.925 bits per heavy atom. The topological polar surface area (TPSA) is 46.9 Å². The number of anilines is 2. The van der Waals surface area contributed by atoms with Gasteiger partial charge in [0.1, 0.15) is 11.4 Å². The molecule has 1 atom stereocenters. The van der Waals surface area contributed by atoms with E-state index < -0.39 is 7.36 Å². The second-order valence-electron chi connectivity index (χ2n) is 11.0. The summed E-state index contributed by atoms with van der Waals surface area (Å²) in [7, 11) is 3.32. The van der Waals surface area contributed by atoms with Crippen LogP contribution in [-0.4, -0.2) is 63.2 Å².